The van der Waals surface area contributed by atoms with Crippen LogP contribution in [0, 0.1) is 6.92 Å². The van der Waals surface area contributed by atoms with Gasteiger partial charge in [0.2, 0.25) is 10.0 Å². The average molecular weight is 478 g/mol. The van der Waals surface area contributed by atoms with Crippen LogP contribution in [-0.4, -0.2) is 48.7 Å². The second-order valence-corrected chi connectivity index (χ2v) is 11.1. The lowest BCUT2D eigenvalue weighted by molar-refractivity contribution is 0.0937. The van der Waals surface area contributed by atoms with Gasteiger partial charge < -0.3 is 11.1 Å². The van der Waals surface area contributed by atoms with Crippen LogP contribution in [0.3, 0.4) is 0 Å². The topological polar surface area (TPSA) is 118 Å². The van der Waals surface area contributed by atoms with Gasteiger partial charge in [-0.05, 0) is 55.2 Å². The minimum atomic E-state index is -3.55. The second-order valence-electron chi connectivity index (χ2n) is 9.11. The molecule has 0 saturated heterocycles. The monoisotopic (exact) mass is 477 g/mol. The van der Waals surface area contributed by atoms with Gasteiger partial charge in [0.1, 0.15) is 11.5 Å². The summed E-state index contributed by atoms with van der Waals surface area (Å²) in [5, 5.41) is 2.99. The summed E-state index contributed by atoms with van der Waals surface area (Å²) in [7, 11) is -1.99. The highest BCUT2D eigenvalue weighted by Gasteiger charge is 2.49. The number of hydrogen-bond donors (Lipinski definition) is 2. The largest absolute Gasteiger partial charge is 0.382 e. The summed E-state index contributed by atoms with van der Waals surface area (Å²) in [5.74, 6) is 0.250. The van der Waals surface area contributed by atoms with Crippen LogP contribution < -0.4 is 11.1 Å². The molecule has 3 aromatic rings. The lowest BCUT2D eigenvalue weighted by Crippen LogP contribution is -2.39. The van der Waals surface area contributed by atoms with E-state index in [1.54, 1.807) is 45.3 Å². The zero-order valence-electron chi connectivity index (χ0n) is 19.4. The minimum Gasteiger partial charge on any atom is -0.382 e. The molecular weight excluding hydrogens is 450 g/mol. The van der Waals surface area contributed by atoms with E-state index in [1.165, 1.54) is 4.31 Å². The Morgan fingerprint density at radius 2 is 1.88 bits per heavy atom. The van der Waals surface area contributed by atoms with Gasteiger partial charge in [-0.15, -0.1) is 0 Å². The Labute approximate surface area is 199 Å². The Hall–Kier alpha value is -3.30. The fourth-order valence-electron chi connectivity index (χ4n) is 4.55. The van der Waals surface area contributed by atoms with Gasteiger partial charge >= 0.3 is 0 Å². The number of carbonyl (C=O) groups is 1. The number of nitrogens with two attached hydrogens (primary N) is 1. The van der Waals surface area contributed by atoms with Gasteiger partial charge in [-0.25, -0.2) is 22.7 Å². The van der Waals surface area contributed by atoms with Gasteiger partial charge in [-0.3, -0.25) is 4.79 Å². The zero-order valence-corrected chi connectivity index (χ0v) is 20.2. The van der Waals surface area contributed by atoms with E-state index in [0.717, 1.165) is 29.5 Å². The minimum absolute atomic E-state index is 0.0170. The molecule has 0 radical (unpaired) electrons. The Morgan fingerprint density at radius 3 is 2.56 bits per heavy atom. The predicted octanol–water partition coefficient (Wildman–Crippen LogP) is 3.12. The summed E-state index contributed by atoms with van der Waals surface area (Å²) < 4.78 is 26.9. The number of hydrogen-bond acceptors (Lipinski definition) is 6. The third-order valence-corrected chi connectivity index (χ3v) is 9.05. The van der Waals surface area contributed by atoms with Gasteiger partial charge in [0.15, 0.2) is 0 Å². The number of fused-ring (bicyclic) bond motifs is 2. The highest BCUT2D eigenvalue weighted by Crippen LogP contribution is 2.51. The number of amides is 1. The molecule has 9 heteroatoms. The predicted molar refractivity (Wildman–Crippen MR) is 131 cm³/mol. The molecule has 1 aliphatic heterocycles. The molecule has 34 heavy (non-hydrogen) atoms. The summed E-state index contributed by atoms with van der Waals surface area (Å²) in [5.41, 5.74) is 11.3. The summed E-state index contributed by atoms with van der Waals surface area (Å²) in [4.78, 5) is 21.8. The third-order valence-electron chi connectivity index (χ3n) is 6.95. The number of rotatable bonds is 5. The Balaban J connectivity index is 1.55. The molecule has 0 atom stereocenters. The van der Waals surface area contributed by atoms with Crippen molar-refractivity contribution in [3.05, 3.63) is 59.3 Å². The number of nitrogen functional groups attached to an aromatic ring is 1. The standard InChI is InChI=1S/C25H27N5O3S/c1-4-30(3)34(32,33)21-8-6-16(11-15(21)2)20-13-27-23(26)22(29-20)17-5-7-18-19(12-17)25(9-10-25)14-28-24(18)31/h5-8,11-13H,4,9-10,14H2,1-3H3,(H2,26,27)(H,28,31). The van der Waals surface area contributed by atoms with Crippen molar-refractivity contribution in [1.82, 2.24) is 19.6 Å². The maximum atomic E-state index is 12.8. The average Bonchev–Trinajstić information content (AvgIpc) is 3.61. The van der Waals surface area contributed by atoms with E-state index in [-0.39, 0.29) is 16.2 Å². The van der Waals surface area contributed by atoms with Crippen LogP contribution in [-0.2, 0) is 15.4 Å². The van der Waals surface area contributed by atoms with E-state index in [0.29, 0.717) is 41.4 Å². The summed E-state index contributed by atoms with van der Waals surface area (Å²) >= 11 is 0. The maximum Gasteiger partial charge on any atom is 0.251 e. The number of nitrogens with zero attached hydrogens (tertiary/aromatic N) is 3. The van der Waals surface area contributed by atoms with Gasteiger partial charge in [0.05, 0.1) is 16.8 Å². The molecule has 2 aromatic carbocycles. The molecule has 2 heterocycles. The quantitative estimate of drug-likeness (QED) is 0.583. The number of carbonyl (C=O) groups excluding carboxylic acids is 1. The molecule has 1 fully saturated rings. The van der Waals surface area contributed by atoms with Crippen LogP contribution in [0.2, 0.25) is 0 Å². The van der Waals surface area contributed by atoms with Crippen LogP contribution in [0.5, 0.6) is 0 Å². The molecule has 3 N–H and O–H groups in total. The summed E-state index contributed by atoms with van der Waals surface area (Å²) in [6, 6.07) is 10.9. The molecule has 0 unspecified atom stereocenters. The van der Waals surface area contributed by atoms with E-state index in [2.05, 4.69) is 10.3 Å². The van der Waals surface area contributed by atoms with Crippen LogP contribution in [0.15, 0.2) is 47.5 Å². The Kier molecular flexibility index (Phi) is 5.22. The van der Waals surface area contributed by atoms with Gasteiger partial charge in [-0.1, -0.05) is 19.1 Å². The molecule has 1 amide bonds. The smallest absolute Gasteiger partial charge is 0.251 e. The number of sulfonamides is 1. The molecule has 8 nitrogen and oxygen atoms in total. The first-order valence-corrected chi connectivity index (χ1v) is 12.7. The number of aryl methyl sites for hydroxylation is 1. The zero-order chi connectivity index (χ0) is 24.3. The highest BCUT2D eigenvalue weighted by molar-refractivity contribution is 7.89. The molecular formula is C25H27N5O3S. The molecule has 1 aliphatic carbocycles. The van der Waals surface area contributed by atoms with Crippen molar-refractivity contribution in [2.24, 2.45) is 0 Å². The first-order chi connectivity index (χ1) is 16.2. The molecule has 176 valence electrons. The van der Waals surface area contributed by atoms with Gasteiger partial charge in [-0.2, -0.15) is 0 Å². The van der Waals surface area contributed by atoms with Crippen molar-refractivity contribution in [2.45, 2.75) is 37.0 Å². The van der Waals surface area contributed by atoms with E-state index >= 15 is 0 Å². The van der Waals surface area contributed by atoms with Gasteiger partial charge in [0.25, 0.3) is 5.91 Å². The molecule has 5 rings (SSSR count). The van der Waals surface area contributed by atoms with Crippen LogP contribution in [0.25, 0.3) is 22.5 Å². The van der Waals surface area contributed by atoms with E-state index in [9.17, 15) is 13.2 Å². The molecule has 1 spiro atoms. The number of benzene rings is 2. The van der Waals surface area contributed by atoms with Crippen molar-refractivity contribution < 1.29 is 13.2 Å². The van der Waals surface area contributed by atoms with Crippen LogP contribution >= 0.6 is 0 Å². The molecule has 1 aromatic heterocycles. The lowest BCUT2D eigenvalue weighted by Gasteiger charge is -2.26. The van der Waals surface area contributed by atoms with E-state index < -0.39 is 10.0 Å². The fourth-order valence-corrected chi connectivity index (χ4v) is 5.93. The molecule has 0 bridgehead atoms. The number of nitrogens with one attached hydrogen (secondary N) is 1. The maximum absolute atomic E-state index is 12.8. The van der Waals surface area contributed by atoms with Crippen molar-refractivity contribution in [3.8, 4) is 22.5 Å². The Bertz CT molecular complexity index is 1430. The van der Waals surface area contributed by atoms with Crippen LogP contribution in [0.1, 0.15) is 41.3 Å². The van der Waals surface area contributed by atoms with E-state index in [1.807, 2.05) is 18.2 Å². The van der Waals surface area contributed by atoms with Gasteiger partial charge in [0, 0.05) is 42.2 Å². The first kappa shape index (κ1) is 22.5. The van der Waals surface area contributed by atoms with Crippen molar-refractivity contribution in [1.29, 1.82) is 0 Å². The second kappa shape index (κ2) is 7.89. The third kappa shape index (κ3) is 3.56. The first-order valence-electron chi connectivity index (χ1n) is 11.3. The van der Waals surface area contributed by atoms with Crippen molar-refractivity contribution >= 4 is 21.7 Å². The lowest BCUT2D eigenvalue weighted by atomic mass is 9.86. The summed E-state index contributed by atoms with van der Waals surface area (Å²) in [6.45, 7) is 4.62. The number of anilines is 1. The molecule has 2 aliphatic rings. The number of aromatic nitrogens is 2. The van der Waals surface area contributed by atoms with Crippen LogP contribution in [0.4, 0.5) is 5.82 Å². The normalized spacial score (nSPS) is 16.4. The SMILES string of the molecule is CCN(C)S(=O)(=O)c1ccc(-c2cnc(N)c(-c3ccc4c(c3)C3(CC3)CNC4=O)n2)cc1C. The Morgan fingerprint density at radius 1 is 1.15 bits per heavy atom. The fraction of sp³-hybridized carbons (Fsp3) is 0.320. The highest BCUT2D eigenvalue weighted by atomic mass is 32.2. The summed E-state index contributed by atoms with van der Waals surface area (Å²) in [6.07, 6.45) is 3.69. The van der Waals surface area contributed by atoms with Crippen molar-refractivity contribution in [3.63, 3.8) is 0 Å². The molecule has 1 saturated carbocycles. The van der Waals surface area contributed by atoms with Crippen molar-refractivity contribution in [2.75, 3.05) is 25.9 Å². The van der Waals surface area contributed by atoms with E-state index in [4.69, 9.17) is 10.7 Å².